The molecular formula is C20H33F3IN5O. The van der Waals surface area contributed by atoms with Gasteiger partial charge in [-0.3, -0.25) is 4.99 Å². The predicted molar refractivity (Wildman–Crippen MR) is 124 cm³/mol. The number of hydrogen-bond donors (Lipinski definition) is 3. The fraction of sp³-hybridized carbons (Fsp3) is 0.700. The van der Waals surface area contributed by atoms with Gasteiger partial charge in [-0.1, -0.05) is 20.8 Å². The average Bonchev–Trinajstić information content (AvgIpc) is 2.66. The molecule has 1 fully saturated rings. The van der Waals surface area contributed by atoms with Crippen molar-refractivity contribution in [3.63, 3.8) is 0 Å². The number of nitrogens with one attached hydrogen (secondary N) is 3. The van der Waals surface area contributed by atoms with Gasteiger partial charge in [-0.05, 0) is 30.4 Å². The molecule has 2 unspecified atom stereocenters. The van der Waals surface area contributed by atoms with Crippen LogP contribution in [-0.2, 0) is 10.9 Å². The number of anilines is 1. The van der Waals surface area contributed by atoms with Crippen molar-refractivity contribution in [1.29, 1.82) is 0 Å². The number of nitrogens with zero attached hydrogens (tertiary/aromatic N) is 2. The summed E-state index contributed by atoms with van der Waals surface area (Å²) in [5, 5.41) is 9.16. The van der Waals surface area contributed by atoms with Crippen LogP contribution in [0.15, 0.2) is 23.3 Å². The Morgan fingerprint density at radius 3 is 2.60 bits per heavy atom. The van der Waals surface area contributed by atoms with E-state index in [9.17, 15) is 13.2 Å². The Hall–Kier alpha value is -1.30. The molecule has 1 aromatic heterocycles. The smallest absolute Gasteiger partial charge is 0.377 e. The normalized spacial score (nSPS) is 20.3. The van der Waals surface area contributed by atoms with Crippen LogP contribution in [0.4, 0.5) is 19.0 Å². The van der Waals surface area contributed by atoms with Crippen LogP contribution in [0.5, 0.6) is 0 Å². The number of aromatic nitrogens is 1. The lowest BCUT2D eigenvalue weighted by Gasteiger charge is -2.40. The van der Waals surface area contributed by atoms with Crippen LogP contribution in [0.3, 0.4) is 0 Å². The zero-order chi connectivity index (χ0) is 21.5. The van der Waals surface area contributed by atoms with Gasteiger partial charge in [0.2, 0.25) is 0 Å². The Morgan fingerprint density at radius 2 is 1.97 bits per heavy atom. The van der Waals surface area contributed by atoms with Crippen molar-refractivity contribution >= 4 is 35.8 Å². The highest BCUT2D eigenvalue weighted by Crippen LogP contribution is 2.34. The van der Waals surface area contributed by atoms with Crippen molar-refractivity contribution in [2.45, 2.75) is 45.9 Å². The molecule has 1 aromatic rings. The van der Waals surface area contributed by atoms with E-state index in [1.165, 1.54) is 12.3 Å². The Balaban J connectivity index is 0.00000450. The molecule has 3 N–H and O–H groups in total. The zero-order valence-electron chi connectivity index (χ0n) is 18.0. The summed E-state index contributed by atoms with van der Waals surface area (Å²) in [6, 6.07) is 2.29. The van der Waals surface area contributed by atoms with E-state index in [0.717, 1.165) is 32.1 Å². The standard InChI is InChI=1S/C20H32F3N5O.HI/c1-19(2,3)16-14(7-6-12-29-16)13-28-18(24-4)27-11-10-26-17-15(20(21,22)23)8-5-9-25-17;/h5,8-9,14,16H,6-7,10-13H2,1-4H3,(H,25,26)(H2,24,27,28);1H. The van der Waals surface area contributed by atoms with E-state index in [1.54, 1.807) is 7.05 Å². The summed E-state index contributed by atoms with van der Waals surface area (Å²) in [4.78, 5) is 7.98. The first-order valence-electron chi connectivity index (χ1n) is 9.95. The first kappa shape index (κ1) is 26.7. The topological polar surface area (TPSA) is 70.6 Å². The molecule has 0 amide bonds. The van der Waals surface area contributed by atoms with Gasteiger partial charge < -0.3 is 20.7 Å². The minimum absolute atomic E-state index is 0. The van der Waals surface area contributed by atoms with Gasteiger partial charge in [0.1, 0.15) is 5.82 Å². The molecule has 1 saturated heterocycles. The second-order valence-electron chi connectivity index (χ2n) is 8.26. The van der Waals surface area contributed by atoms with Gasteiger partial charge in [0.05, 0.1) is 11.7 Å². The Morgan fingerprint density at radius 1 is 1.23 bits per heavy atom. The second kappa shape index (κ2) is 11.9. The molecule has 0 saturated carbocycles. The van der Waals surface area contributed by atoms with E-state index >= 15 is 0 Å². The lowest BCUT2D eigenvalue weighted by molar-refractivity contribution is -0.137. The van der Waals surface area contributed by atoms with Crippen molar-refractivity contribution in [2.24, 2.45) is 16.3 Å². The molecular weight excluding hydrogens is 510 g/mol. The molecule has 2 atom stereocenters. The number of halogens is 4. The molecule has 0 aromatic carbocycles. The van der Waals surface area contributed by atoms with Crippen LogP contribution in [0.25, 0.3) is 0 Å². The first-order chi connectivity index (χ1) is 13.6. The van der Waals surface area contributed by atoms with Gasteiger partial charge in [0.15, 0.2) is 5.96 Å². The summed E-state index contributed by atoms with van der Waals surface area (Å²) >= 11 is 0. The van der Waals surface area contributed by atoms with Crippen LogP contribution >= 0.6 is 24.0 Å². The lowest BCUT2D eigenvalue weighted by atomic mass is 9.78. The average molecular weight is 543 g/mol. The number of ether oxygens (including phenoxy) is 1. The van der Waals surface area contributed by atoms with Crippen LogP contribution in [-0.4, -0.2) is 50.3 Å². The van der Waals surface area contributed by atoms with Crippen molar-refractivity contribution in [3.8, 4) is 0 Å². The maximum absolute atomic E-state index is 13.0. The lowest BCUT2D eigenvalue weighted by Crippen LogP contribution is -2.48. The van der Waals surface area contributed by atoms with Crippen LogP contribution in [0.2, 0.25) is 0 Å². The van der Waals surface area contributed by atoms with E-state index in [-0.39, 0.29) is 47.9 Å². The number of rotatable bonds is 6. The Labute approximate surface area is 193 Å². The fourth-order valence-electron chi connectivity index (χ4n) is 3.59. The second-order valence-corrected chi connectivity index (χ2v) is 8.26. The van der Waals surface area contributed by atoms with Crippen molar-refractivity contribution in [2.75, 3.05) is 38.6 Å². The third-order valence-corrected chi connectivity index (χ3v) is 4.88. The Kier molecular flexibility index (Phi) is 10.6. The third-order valence-electron chi connectivity index (χ3n) is 4.88. The van der Waals surface area contributed by atoms with E-state index in [0.29, 0.717) is 18.4 Å². The fourth-order valence-corrected chi connectivity index (χ4v) is 3.59. The number of hydrogen-bond acceptors (Lipinski definition) is 4. The van der Waals surface area contributed by atoms with Gasteiger partial charge in [0, 0.05) is 45.4 Å². The summed E-state index contributed by atoms with van der Waals surface area (Å²) in [6.07, 6.45) is -0.793. The van der Waals surface area contributed by atoms with Gasteiger partial charge in [-0.25, -0.2) is 4.98 Å². The molecule has 0 aliphatic carbocycles. The summed E-state index contributed by atoms with van der Waals surface area (Å²) in [6.45, 7) is 8.75. The zero-order valence-corrected chi connectivity index (χ0v) is 20.3. The number of pyridine rings is 1. The molecule has 2 heterocycles. The van der Waals surface area contributed by atoms with Gasteiger partial charge in [-0.2, -0.15) is 13.2 Å². The van der Waals surface area contributed by atoms with E-state index in [4.69, 9.17) is 4.74 Å². The molecule has 1 aliphatic rings. The molecule has 30 heavy (non-hydrogen) atoms. The van der Waals surface area contributed by atoms with Crippen LogP contribution < -0.4 is 16.0 Å². The molecule has 172 valence electrons. The van der Waals surface area contributed by atoms with E-state index in [2.05, 4.69) is 46.7 Å². The number of guanidine groups is 1. The van der Waals surface area contributed by atoms with Crippen molar-refractivity contribution in [1.82, 2.24) is 15.6 Å². The SMILES string of the molecule is CN=C(NCCNc1ncccc1C(F)(F)F)NCC1CCCOC1C(C)(C)C.I. The highest BCUT2D eigenvalue weighted by Gasteiger charge is 2.35. The molecule has 6 nitrogen and oxygen atoms in total. The summed E-state index contributed by atoms with van der Waals surface area (Å²) in [5.74, 6) is 0.822. The van der Waals surface area contributed by atoms with Gasteiger partial charge in [0.25, 0.3) is 0 Å². The van der Waals surface area contributed by atoms with Crippen LogP contribution in [0, 0.1) is 11.3 Å². The van der Waals surface area contributed by atoms with Crippen molar-refractivity contribution in [3.05, 3.63) is 23.9 Å². The van der Waals surface area contributed by atoms with Gasteiger partial charge in [-0.15, -0.1) is 24.0 Å². The number of aliphatic imine (C=N–C) groups is 1. The maximum atomic E-state index is 13.0. The molecule has 1 aliphatic heterocycles. The molecule has 0 radical (unpaired) electrons. The van der Waals surface area contributed by atoms with Crippen molar-refractivity contribution < 1.29 is 17.9 Å². The Bertz CT molecular complexity index is 679. The monoisotopic (exact) mass is 543 g/mol. The van der Waals surface area contributed by atoms with E-state index in [1.807, 2.05) is 0 Å². The minimum Gasteiger partial charge on any atom is -0.377 e. The van der Waals surface area contributed by atoms with Gasteiger partial charge >= 0.3 is 6.18 Å². The van der Waals surface area contributed by atoms with E-state index < -0.39 is 11.7 Å². The molecule has 0 bridgehead atoms. The predicted octanol–water partition coefficient (Wildman–Crippen LogP) is 4.14. The summed E-state index contributed by atoms with van der Waals surface area (Å²) in [5.41, 5.74) is -0.708. The highest BCUT2D eigenvalue weighted by atomic mass is 127. The minimum atomic E-state index is -4.44. The summed E-state index contributed by atoms with van der Waals surface area (Å²) < 4.78 is 45.0. The number of alkyl halides is 3. The highest BCUT2D eigenvalue weighted by molar-refractivity contribution is 14.0. The van der Waals surface area contributed by atoms with Crippen LogP contribution in [0.1, 0.15) is 39.2 Å². The summed E-state index contributed by atoms with van der Waals surface area (Å²) in [7, 11) is 1.67. The quantitative estimate of drug-likeness (QED) is 0.218. The first-order valence-corrected chi connectivity index (χ1v) is 9.95. The third kappa shape index (κ3) is 8.09. The maximum Gasteiger partial charge on any atom is 0.419 e. The molecule has 0 spiro atoms. The molecule has 2 rings (SSSR count). The largest absolute Gasteiger partial charge is 0.419 e. The molecule has 10 heteroatoms.